The molecule has 0 fully saturated rings. The minimum atomic E-state index is -0.256. The van der Waals surface area contributed by atoms with Crippen molar-refractivity contribution in [2.24, 2.45) is 0 Å². The summed E-state index contributed by atoms with van der Waals surface area (Å²) < 4.78 is 7.25. The number of carbonyl (C=O) groups is 1. The van der Waals surface area contributed by atoms with Gasteiger partial charge in [-0.05, 0) is 55.9 Å². The van der Waals surface area contributed by atoms with Gasteiger partial charge >= 0.3 is 5.97 Å². The molecule has 3 nitrogen and oxygen atoms in total. The second-order valence-corrected chi connectivity index (χ2v) is 5.62. The first-order chi connectivity index (χ1) is 9.67. The molecule has 0 amide bonds. The first-order valence-electron chi connectivity index (χ1n) is 7.40. The fourth-order valence-corrected chi connectivity index (χ4v) is 3.58. The second-order valence-electron chi connectivity index (χ2n) is 5.62. The Bertz CT molecular complexity index is 669. The van der Waals surface area contributed by atoms with E-state index in [4.69, 9.17) is 4.74 Å². The van der Waals surface area contributed by atoms with Crippen LogP contribution in [0.2, 0.25) is 0 Å². The monoisotopic (exact) mass is 271 g/mol. The lowest BCUT2D eigenvalue weighted by Crippen LogP contribution is -2.11. The predicted molar refractivity (Wildman–Crippen MR) is 80.3 cm³/mol. The summed E-state index contributed by atoms with van der Waals surface area (Å²) in [5.74, 6) is 0.349. The highest BCUT2D eigenvalue weighted by molar-refractivity contribution is 5.96. The van der Waals surface area contributed by atoms with Gasteiger partial charge in [-0.3, -0.25) is 0 Å². The molecule has 1 aliphatic rings. The van der Waals surface area contributed by atoms with Gasteiger partial charge < -0.3 is 9.30 Å². The predicted octanol–water partition coefficient (Wildman–Crippen LogP) is 3.89. The smallest absolute Gasteiger partial charge is 0.337 e. The zero-order valence-electron chi connectivity index (χ0n) is 12.4. The summed E-state index contributed by atoms with van der Waals surface area (Å²) in [5, 5.41) is 1.23. The molecule has 20 heavy (non-hydrogen) atoms. The lowest BCUT2D eigenvalue weighted by molar-refractivity contribution is 0.0601. The van der Waals surface area contributed by atoms with Gasteiger partial charge in [-0.25, -0.2) is 4.79 Å². The minimum absolute atomic E-state index is 0.256. The molecule has 0 radical (unpaired) electrons. The molecule has 1 aromatic heterocycles. The zero-order valence-corrected chi connectivity index (χ0v) is 12.4. The highest BCUT2D eigenvalue weighted by Crippen LogP contribution is 2.38. The van der Waals surface area contributed by atoms with E-state index < -0.39 is 0 Å². The first kappa shape index (κ1) is 13.2. The largest absolute Gasteiger partial charge is 0.465 e. The van der Waals surface area contributed by atoms with E-state index in [0.29, 0.717) is 11.5 Å². The molecule has 0 aliphatic heterocycles. The van der Waals surface area contributed by atoms with E-state index in [0.717, 1.165) is 13.0 Å². The van der Waals surface area contributed by atoms with Gasteiger partial charge in [-0.15, -0.1) is 0 Å². The van der Waals surface area contributed by atoms with Gasteiger partial charge in [0.25, 0.3) is 0 Å². The lowest BCUT2D eigenvalue weighted by atomic mass is 9.88. The Kier molecular flexibility index (Phi) is 3.28. The molecule has 106 valence electrons. The summed E-state index contributed by atoms with van der Waals surface area (Å²) in [6.07, 6.45) is 3.61. The average molecular weight is 271 g/mol. The van der Waals surface area contributed by atoms with Gasteiger partial charge in [0, 0.05) is 23.1 Å². The maximum atomic E-state index is 11.7. The van der Waals surface area contributed by atoms with Crippen LogP contribution in [0.3, 0.4) is 0 Å². The van der Waals surface area contributed by atoms with Crippen LogP contribution in [-0.2, 0) is 17.7 Å². The summed E-state index contributed by atoms with van der Waals surface area (Å²) in [7, 11) is 1.43. The van der Waals surface area contributed by atoms with Crippen LogP contribution >= 0.6 is 0 Å². The molecule has 3 heteroatoms. The van der Waals surface area contributed by atoms with Crippen LogP contribution in [0.5, 0.6) is 0 Å². The molecule has 0 spiro atoms. The summed E-state index contributed by atoms with van der Waals surface area (Å²) in [4.78, 5) is 11.7. The number of methoxy groups -OCH3 is 1. The van der Waals surface area contributed by atoms with Crippen LogP contribution in [0.15, 0.2) is 18.2 Å². The Labute approximate surface area is 119 Å². The van der Waals surface area contributed by atoms with Crippen LogP contribution in [0.4, 0.5) is 0 Å². The maximum absolute atomic E-state index is 11.7. The zero-order chi connectivity index (χ0) is 14.3. The van der Waals surface area contributed by atoms with Crippen LogP contribution < -0.4 is 0 Å². The average Bonchev–Trinajstić information content (AvgIpc) is 2.81. The van der Waals surface area contributed by atoms with E-state index in [1.807, 2.05) is 12.1 Å². The number of rotatable bonds is 2. The Morgan fingerprint density at radius 1 is 1.45 bits per heavy atom. The molecule has 1 atom stereocenters. The Morgan fingerprint density at radius 3 is 2.95 bits per heavy atom. The molecule has 0 saturated heterocycles. The van der Waals surface area contributed by atoms with Gasteiger partial charge in [0.1, 0.15) is 0 Å². The van der Waals surface area contributed by atoms with E-state index in [2.05, 4.69) is 24.5 Å². The molecule has 1 aliphatic carbocycles. The third-order valence-corrected chi connectivity index (χ3v) is 4.48. The van der Waals surface area contributed by atoms with E-state index in [-0.39, 0.29) is 5.97 Å². The van der Waals surface area contributed by atoms with E-state index in [1.54, 1.807) is 0 Å². The van der Waals surface area contributed by atoms with Gasteiger partial charge in [0.05, 0.1) is 12.7 Å². The van der Waals surface area contributed by atoms with Gasteiger partial charge in [0.15, 0.2) is 0 Å². The standard InChI is InChI=1S/C17H21NO2/c1-4-18-15-9-8-12(17(19)20-3)10-14(15)13-7-5-6-11(2)16(13)18/h8-11H,4-7H2,1-3H3. The van der Waals surface area contributed by atoms with Crippen LogP contribution in [-0.4, -0.2) is 17.6 Å². The molecular formula is C17H21NO2. The summed E-state index contributed by atoms with van der Waals surface area (Å²) in [6.45, 7) is 5.48. The van der Waals surface area contributed by atoms with E-state index >= 15 is 0 Å². The quantitative estimate of drug-likeness (QED) is 0.776. The number of hydrogen-bond acceptors (Lipinski definition) is 2. The number of hydrogen-bond donors (Lipinski definition) is 0. The van der Waals surface area contributed by atoms with Crippen LogP contribution in [0.25, 0.3) is 10.9 Å². The molecule has 1 heterocycles. The first-order valence-corrected chi connectivity index (χ1v) is 7.40. The van der Waals surface area contributed by atoms with Crippen molar-refractivity contribution in [2.45, 2.75) is 45.6 Å². The second kappa shape index (κ2) is 4.97. The van der Waals surface area contributed by atoms with Gasteiger partial charge in [0.2, 0.25) is 0 Å². The van der Waals surface area contributed by atoms with Crippen molar-refractivity contribution in [1.82, 2.24) is 4.57 Å². The summed E-state index contributed by atoms with van der Waals surface area (Å²) in [6, 6.07) is 5.94. The molecular weight excluding hydrogens is 250 g/mol. The Morgan fingerprint density at radius 2 is 2.25 bits per heavy atom. The number of fused-ring (bicyclic) bond motifs is 3. The summed E-state index contributed by atoms with van der Waals surface area (Å²) in [5.41, 5.74) is 4.80. The number of aromatic nitrogens is 1. The number of benzene rings is 1. The fraction of sp³-hybridized carbons (Fsp3) is 0.471. The number of aryl methyl sites for hydroxylation is 2. The van der Waals surface area contributed by atoms with Crippen molar-refractivity contribution in [1.29, 1.82) is 0 Å². The highest BCUT2D eigenvalue weighted by atomic mass is 16.5. The Balaban J connectivity index is 2.27. The van der Waals surface area contributed by atoms with Crippen molar-refractivity contribution in [2.75, 3.05) is 7.11 Å². The lowest BCUT2D eigenvalue weighted by Gasteiger charge is -2.21. The molecule has 3 rings (SSSR count). The Hall–Kier alpha value is -1.77. The minimum Gasteiger partial charge on any atom is -0.465 e. The van der Waals surface area contributed by atoms with Crippen molar-refractivity contribution < 1.29 is 9.53 Å². The number of esters is 1. The van der Waals surface area contributed by atoms with E-state index in [9.17, 15) is 4.79 Å². The molecule has 1 aromatic carbocycles. The van der Waals surface area contributed by atoms with Gasteiger partial charge in [-0.1, -0.05) is 6.92 Å². The molecule has 1 unspecified atom stereocenters. The number of ether oxygens (including phenoxy) is 1. The fourth-order valence-electron chi connectivity index (χ4n) is 3.58. The topological polar surface area (TPSA) is 31.2 Å². The van der Waals surface area contributed by atoms with Crippen LogP contribution in [0.1, 0.15) is 54.2 Å². The normalized spacial score (nSPS) is 18.1. The SMILES string of the molecule is CCn1c2c(c3cc(C(=O)OC)ccc31)CCCC2C. The van der Waals surface area contributed by atoms with Crippen LogP contribution in [0, 0.1) is 0 Å². The molecule has 0 N–H and O–H groups in total. The molecule has 0 bridgehead atoms. The van der Waals surface area contributed by atoms with Gasteiger partial charge in [-0.2, -0.15) is 0 Å². The van der Waals surface area contributed by atoms with Crippen molar-refractivity contribution in [3.8, 4) is 0 Å². The number of nitrogens with zero attached hydrogens (tertiary/aromatic N) is 1. The molecule has 2 aromatic rings. The summed E-state index contributed by atoms with van der Waals surface area (Å²) >= 11 is 0. The maximum Gasteiger partial charge on any atom is 0.337 e. The van der Waals surface area contributed by atoms with Crippen molar-refractivity contribution in [3.05, 3.63) is 35.0 Å². The molecule has 0 saturated carbocycles. The van der Waals surface area contributed by atoms with Crippen molar-refractivity contribution in [3.63, 3.8) is 0 Å². The van der Waals surface area contributed by atoms with Crippen molar-refractivity contribution >= 4 is 16.9 Å². The highest BCUT2D eigenvalue weighted by Gasteiger charge is 2.24. The third kappa shape index (κ3) is 1.84. The van der Waals surface area contributed by atoms with E-state index in [1.165, 1.54) is 42.1 Å². The third-order valence-electron chi connectivity index (χ3n) is 4.48. The number of carbonyl (C=O) groups excluding carboxylic acids is 1.